The minimum Gasteiger partial charge on any atom is -0.508 e. The smallest absolute Gasteiger partial charge is 0.401 e. The molecule has 1 fully saturated rings. The van der Waals surface area contributed by atoms with Crippen LogP contribution >= 0.6 is 0 Å². The van der Waals surface area contributed by atoms with E-state index in [0.29, 0.717) is 6.42 Å². The SMILES string of the molecule is CC(Cc1ccc(O)cc1)NC(=O)C1COCCN1CC(F)(F)F. The van der Waals surface area contributed by atoms with Gasteiger partial charge in [0.1, 0.15) is 11.8 Å². The number of phenolic OH excluding ortho intramolecular Hbond substituents is 1. The summed E-state index contributed by atoms with van der Waals surface area (Å²) in [7, 11) is 0. The van der Waals surface area contributed by atoms with Gasteiger partial charge in [-0.1, -0.05) is 12.1 Å². The molecule has 1 amide bonds. The first-order valence-electron chi connectivity index (χ1n) is 7.71. The van der Waals surface area contributed by atoms with Crippen LogP contribution in [-0.4, -0.2) is 60.5 Å². The predicted molar refractivity (Wildman–Crippen MR) is 81.7 cm³/mol. The fourth-order valence-electron chi connectivity index (χ4n) is 2.67. The summed E-state index contributed by atoms with van der Waals surface area (Å²) in [6.45, 7) is 0.865. The van der Waals surface area contributed by atoms with E-state index >= 15 is 0 Å². The molecule has 1 saturated heterocycles. The molecular formula is C16H21F3N2O3. The summed E-state index contributed by atoms with van der Waals surface area (Å²) >= 11 is 0. The Labute approximate surface area is 138 Å². The lowest BCUT2D eigenvalue weighted by Gasteiger charge is -2.35. The zero-order valence-electron chi connectivity index (χ0n) is 13.3. The molecule has 5 nitrogen and oxygen atoms in total. The highest BCUT2D eigenvalue weighted by Crippen LogP contribution is 2.20. The molecule has 1 aromatic rings. The lowest BCUT2D eigenvalue weighted by molar-refractivity contribution is -0.167. The number of nitrogens with one attached hydrogen (secondary N) is 1. The van der Waals surface area contributed by atoms with Gasteiger partial charge in [0.25, 0.3) is 0 Å². The molecule has 1 aromatic carbocycles. The number of aromatic hydroxyl groups is 1. The van der Waals surface area contributed by atoms with E-state index < -0.39 is 24.7 Å². The van der Waals surface area contributed by atoms with Crippen LogP contribution in [0, 0.1) is 0 Å². The van der Waals surface area contributed by atoms with Gasteiger partial charge in [0.15, 0.2) is 0 Å². The normalized spacial score (nSPS) is 20.6. The predicted octanol–water partition coefficient (Wildman–Crippen LogP) is 1.70. The van der Waals surface area contributed by atoms with E-state index in [2.05, 4.69) is 5.32 Å². The van der Waals surface area contributed by atoms with Gasteiger partial charge in [-0.25, -0.2) is 0 Å². The molecule has 0 radical (unpaired) electrons. The Morgan fingerprint density at radius 2 is 2.08 bits per heavy atom. The molecule has 0 saturated carbocycles. The number of halogens is 3. The molecule has 0 aliphatic carbocycles. The summed E-state index contributed by atoms with van der Waals surface area (Å²) in [6, 6.07) is 5.36. The fraction of sp³-hybridized carbons (Fsp3) is 0.562. The van der Waals surface area contributed by atoms with Crippen LogP contribution in [0.2, 0.25) is 0 Å². The summed E-state index contributed by atoms with van der Waals surface area (Å²) in [5, 5.41) is 12.0. The fourth-order valence-corrected chi connectivity index (χ4v) is 2.67. The van der Waals surface area contributed by atoms with Gasteiger partial charge in [-0.3, -0.25) is 9.69 Å². The van der Waals surface area contributed by atoms with E-state index in [1.165, 1.54) is 0 Å². The first kappa shape index (κ1) is 18.5. The number of carbonyl (C=O) groups is 1. The monoisotopic (exact) mass is 346 g/mol. The first-order valence-corrected chi connectivity index (χ1v) is 7.71. The molecule has 1 aliphatic rings. The Bertz CT molecular complexity index is 548. The van der Waals surface area contributed by atoms with Gasteiger partial charge in [-0.15, -0.1) is 0 Å². The summed E-state index contributed by atoms with van der Waals surface area (Å²) in [5.74, 6) is -0.317. The zero-order valence-corrected chi connectivity index (χ0v) is 13.3. The number of benzene rings is 1. The summed E-state index contributed by atoms with van der Waals surface area (Å²) in [6.07, 6.45) is -3.84. The molecule has 1 aliphatic heterocycles. The highest BCUT2D eigenvalue weighted by atomic mass is 19.4. The summed E-state index contributed by atoms with van der Waals surface area (Å²) in [5.41, 5.74) is 0.910. The first-order chi connectivity index (χ1) is 11.2. The van der Waals surface area contributed by atoms with E-state index in [1.807, 2.05) is 0 Å². The highest BCUT2D eigenvalue weighted by molar-refractivity contribution is 5.82. The van der Waals surface area contributed by atoms with Crippen molar-refractivity contribution in [1.29, 1.82) is 0 Å². The zero-order chi connectivity index (χ0) is 17.7. The van der Waals surface area contributed by atoms with Crippen LogP contribution in [0.15, 0.2) is 24.3 Å². The van der Waals surface area contributed by atoms with Crippen LogP contribution in [-0.2, 0) is 16.0 Å². The number of carbonyl (C=O) groups excluding carboxylic acids is 1. The van der Waals surface area contributed by atoms with Crippen LogP contribution in [0.4, 0.5) is 13.2 Å². The largest absolute Gasteiger partial charge is 0.508 e. The Hall–Kier alpha value is -1.80. The van der Waals surface area contributed by atoms with E-state index in [9.17, 15) is 23.1 Å². The minimum atomic E-state index is -4.35. The molecule has 2 N–H and O–H groups in total. The second kappa shape index (κ2) is 7.85. The number of rotatable bonds is 5. The van der Waals surface area contributed by atoms with Gasteiger partial charge in [0, 0.05) is 12.6 Å². The number of amides is 1. The van der Waals surface area contributed by atoms with Crippen molar-refractivity contribution in [2.24, 2.45) is 0 Å². The summed E-state index contributed by atoms with van der Waals surface area (Å²) < 4.78 is 43.0. The van der Waals surface area contributed by atoms with E-state index in [1.54, 1.807) is 31.2 Å². The van der Waals surface area contributed by atoms with Crippen molar-refractivity contribution < 1.29 is 27.8 Å². The van der Waals surface area contributed by atoms with Crippen LogP contribution in [0.25, 0.3) is 0 Å². The molecule has 2 atom stereocenters. The number of ether oxygens (including phenoxy) is 1. The maximum Gasteiger partial charge on any atom is 0.401 e. The molecule has 1 heterocycles. The van der Waals surface area contributed by atoms with Crippen LogP contribution in [0.3, 0.4) is 0 Å². The second-order valence-corrected chi connectivity index (χ2v) is 5.96. The minimum absolute atomic E-state index is 0.0478. The highest BCUT2D eigenvalue weighted by Gasteiger charge is 2.38. The number of nitrogens with zero attached hydrogens (tertiary/aromatic N) is 1. The number of phenols is 1. The van der Waals surface area contributed by atoms with Crippen molar-refractivity contribution in [3.05, 3.63) is 29.8 Å². The average molecular weight is 346 g/mol. The lowest BCUT2D eigenvalue weighted by atomic mass is 10.1. The molecular weight excluding hydrogens is 325 g/mol. The molecule has 134 valence electrons. The third-order valence-electron chi connectivity index (χ3n) is 3.79. The van der Waals surface area contributed by atoms with Gasteiger partial charge in [-0.2, -0.15) is 13.2 Å². The van der Waals surface area contributed by atoms with Crippen molar-refractivity contribution in [2.75, 3.05) is 26.3 Å². The topological polar surface area (TPSA) is 61.8 Å². The molecule has 0 bridgehead atoms. The van der Waals surface area contributed by atoms with Crippen LogP contribution in [0.5, 0.6) is 5.75 Å². The molecule has 0 spiro atoms. The van der Waals surface area contributed by atoms with Crippen molar-refractivity contribution in [3.63, 3.8) is 0 Å². The Kier molecular flexibility index (Phi) is 6.06. The molecule has 8 heteroatoms. The average Bonchev–Trinajstić information content (AvgIpc) is 2.48. The van der Waals surface area contributed by atoms with Crippen LogP contribution < -0.4 is 5.32 Å². The number of hydrogen-bond acceptors (Lipinski definition) is 4. The van der Waals surface area contributed by atoms with E-state index in [4.69, 9.17) is 4.74 Å². The van der Waals surface area contributed by atoms with Gasteiger partial charge in [-0.05, 0) is 31.0 Å². The van der Waals surface area contributed by atoms with Gasteiger partial charge < -0.3 is 15.2 Å². The van der Waals surface area contributed by atoms with Gasteiger partial charge in [0.05, 0.1) is 19.8 Å². The van der Waals surface area contributed by atoms with Gasteiger partial charge in [0.2, 0.25) is 5.91 Å². The van der Waals surface area contributed by atoms with Crippen molar-refractivity contribution in [1.82, 2.24) is 10.2 Å². The molecule has 2 rings (SSSR count). The lowest BCUT2D eigenvalue weighted by Crippen LogP contribution is -2.57. The van der Waals surface area contributed by atoms with E-state index in [0.717, 1.165) is 10.5 Å². The number of alkyl halides is 3. The third-order valence-corrected chi connectivity index (χ3v) is 3.79. The third kappa shape index (κ3) is 5.68. The van der Waals surface area contributed by atoms with Crippen LogP contribution in [0.1, 0.15) is 12.5 Å². The molecule has 24 heavy (non-hydrogen) atoms. The summed E-state index contributed by atoms with van der Waals surface area (Å²) in [4.78, 5) is 13.4. The Morgan fingerprint density at radius 3 is 2.71 bits per heavy atom. The Morgan fingerprint density at radius 1 is 1.42 bits per heavy atom. The number of morpholine rings is 1. The second-order valence-electron chi connectivity index (χ2n) is 5.96. The maximum atomic E-state index is 12.6. The van der Waals surface area contributed by atoms with Gasteiger partial charge >= 0.3 is 6.18 Å². The quantitative estimate of drug-likeness (QED) is 0.852. The molecule has 2 unspecified atom stereocenters. The molecule has 0 aromatic heterocycles. The number of hydrogen-bond donors (Lipinski definition) is 2. The standard InChI is InChI=1S/C16H21F3N2O3/c1-11(8-12-2-4-13(22)5-3-12)20-15(23)14-9-24-7-6-21(14)10-16(17,18)19/h2-5,11,14,22H,6-10H2,1H3,(H,20,23). The van der Waals surface area contributed by atoms with Crippen molar-refractivity contribution >= 4 is 5.91 Å². The Balaban J connectivity index is 1.92. The van der Waals surface area contributed by atoms with Crippen molar-refractivity contribution in [3.8, 4) is 5.75 Å². The maximum absolute atomic E-state index is 12.6. The van der Waals surface area contributed by atoms with E-state index in [-0.39, 0.29) is 31.5 Å². The van der Waals surface area contributed by atoms with Crippen molar-refractivity contribution in [2.45, 2.75) is 31.6 Å².